The van der Waals surface area contributed by atoms with E-state index in [9.17, 15) is 13.6 Å². The second kappa shape index (κ2) is 9.99. The third-order valence-corrected chi connectivity index (χ3v) is 5.09. The first-order chi connectivity index (χ1) is 13.5. The van der Waals surface area contributed by atoms with Gasteiger partial charge in [-0.25, -0.2) is 4.21 Å². The third kappa shape index (κ3) is 5.52. The van der Waals surface area contributed by atoms with Crippen molar-refractivity contribution in [2.45, 2.75) is 13.0 Å². The minimum Gasteiger partial charge on any atom is -0.750 e. The Labute approximate surface area is 165 Å². The van der Waals surface area contributed by atoms with E-state index in [2.05, 4.69) is 4.90 Å². The normalized spacial score (nSPS) is 16.3. The van der Waals surface area contributed by atoms with Crippen LogP contribution in [0.5, 0.6) is 0 Å². The molecule has 1 unspecified atom stereocenters. The number of aliphatic carboxylic acids is 1. The number of fused-ring (bicyclic) bond motifs is 1. The van der Waals surface area contributed by atoms with Gasteiger partial charge in [0.1, 0.15) is 6.73 Å². The van der Waals surface area contributed by atoms with Crippen LogP contribution in [0, 0.1) is 0 Å². The molecule has 1 atom stereocenters. The average molecular weight is 410 g/mol. The van der Waals surface area contributed by atoms with Gasteiger partial charge >= 0.3 is 5.97 Å². The summed E-state index contributed by atoms with van der Waals surface area (Å²) in [6.45, 7) is 4.73. The molecule has 1 saturated heterocycles. The lowest BCUT2D eigenvalue weighted by atomic mass is 10.2. The van der Waals surface area contributed by atoms with E-state index in [0.717, 1.165) is 36.2 Å². The molecule has 0 spiro atoms. The van der Waals surface area contributed by atoms with Crippen LogP contribution in [-0.2, 0) is 31.6 Å². The molecule has 9 nitrogen and oxygen atoms in total. The number of carboxylic acid groups (broad SMARTS) is 1. The zero-order valence-electron chi connectivity index (χ0n) is 15.5. The predicted molar refractivity (Wildman–Crippen MR) is 104 cm³/mol. The molecule has 0 saturated carbocycles. The van der Waals surface area contributed by atoms with Crippen molar-refractivity contribution in [3.05, 3.63) is 30.5 Å². The third-order valence-electron chi connectivity index (χ3n) is 4.79. The molecular weight excluding hydrogens is 386 g/mol. The molecule has 2 aromatic rings. The van der Waals surface area contributed by atoms with Crippen molar-refractivity contribution in [2.75, 3.05) is 51.0 Å². The Bertz CT molecular complexity index is 821. The van der Waals surface area contributed by atoms with Crippen molar-refractivity contribution in [3.63, 3.8) is 0 Å². The van der Waals surface area contributed by atoms with E-state index in [1.54, 1.807) is 0 Å². The Balaban J connectivity index is 1.80. The van der Waals surface area contributed by atoms with Gasteiger partial charge < -0.3 is 23.9 Å². The fourth-order valence-electron chi connectivity index (χ4n) is 3.34. The number of aromatic nitrogens is 1. The van der Waals surface area contributed by atoms with Crippen LogP contribution in [-0.4, -0.2) is 75.4 Å². The van der Waals surface area contributed by atoms with Crippen LogP contribution in [0.25, 0.3) is 10.9 Å². The highest BCUT2D eigenvalue weighted by atomic mass is 32.2. The molecular formula is C18H24N3O6S-. The fourth-order valence-corrected chi connectivity index (χ4v) is 3.56. The molecule has 2 heterocycles. The first-order valence-electron chi connectivity index (χ1n) is 9.12. The molecule has 1 N–H and O–H groups in total. The Morgan fingerprint density at radius 2 is 2.07 bits per heavy atom. The van der Waals surface area contributed by atoms with Gasteiger partial charge in [-0.2, -0.15) is 0 Å². The summed E-state index contributed by atoms with van der Waals surface area (Å²) < 4.78 is 33.9. The van der Waals surface area contributed by atoms with Crippen LogP contribution in [0.1, 0.15) is 6.42 Å². The van der Waals surface area contributed by atoms with Crippen LogP contribution < -0.4 is 4.90 Å². The van der Waals surface area contributed by atoms with Crippen LogP contribution in [0.3, 0.4) is 0 Å². The predicted octanol–water partition coefficient (Wildman–Crippen LogP) is 1.02. The second-order valence-electron chi connectivity index (χ2n) is 6.53. The van der Waals surface area contributed by atoms with Gasteiger partial charge in [-0.1, -0.05) is 6.07 Å². The van der Waals surface area contributed by atoms with Crippen molar-refractivity contribution in [1.82, 2.24) is 9.47 Å². The molecule has 10 heteroatoms. The van der Waals surface area contributed by atoms with Gasteiger partial charge in [0.2, 0.25) is 0 Å². The molecule has 1 fully saturated rings. The van der Waals surface area contributed by atoms with E-state index in [4.69, 9.17) is 14.0 Å². The zero-order chi connectivity index (χ0) is 19.9. The minimum atomic E-state index is -2.60. The molecule has 1 aliphatic heterocycles. The number of anilines is 1. The monoisotopic (exact) mass is 410 g/mol. The quantitative estimate of drug-likeness (QED) is 0.457. The van der Waals surface area contributed by atoms with Gasteiger partial charge in [-0.05, 0) is 18.2 Å². The number of ether oxygens (including phenoxy) is 1. The van der Waals surface area contributed by atoms with E-state index in [1.165, 1.54) is 0 Å². The number of aryl methyl sites for hydroxylation is 1. The van der Waals surface area contributed by atoms with Crippen LogP contribution in [0.4, 0.5) is 5.69 Å². The second-order valence-corrected chi connectivity index (χ2v) is 7.18. The van der Waals surface area contributed by atoms with E-state index < -0.39 is 17.3 Å². The Morgan fingerprint density at radius 1 is 1.29 bits per heavy atom. The number of hydrogen-bond acceptors (Lipinski definition) is 7. The summed E-state index contributed by atoms with van der Waals surface area (Å²) in [5, 5.41) is 9.86. The van der Waals surface area contributed by atoms with Gasteiger partial charge in [0.15, 0.2) is 0 Å². The number of rotatable bonds is 10. The van der Waals surface area contributed by atoms with Crippen LogP contribution in [0.2, 0.25) is 0 Å². The lowest BCUT2D eigenvalue weighted by Crippen LogP contribution is -2.42. The number of nitrogens with zero attached hydrogens (tertiary/aromatic N) is 3. The molecule has 0 bridgehead atoms. The zero-order valence-corrected chi connectivity index (χ0v) is 16.3. The number of morpholine rings is 1. The highest BCUT2D eigenvalue weighted by molar-refractivity contribution is 7.74. The van der Waals surface area contributed by atoms with Gasteiger partial charge in [-0.3, -0.25) is 13.9 Å². The van der Waals surface area contributed by atoms with Crippen LogP contribution in [0.15, 0.2) is 30.5 Å². The molecule has 1 aliphatic rings. The number of carbonyl (C=O) groups is 1. The summed E-state index contributed by atoms with van der Waals surface area (Å²) >= 11 is -2.60. The topological polar surface area (TPSA) is 107 Å². The maximum absolute atomic E-state index is 10.9. The lowest BCUT2D eigenvalue weighted by Gasteiger charge is -2.31. The van der Waals surface area contributed by atoms with Crippen molar-refractivity contribution < 1.29 is 27.6 Å². The Hall–Kier alpha value is -1.98. The summed E-state index contributed by atoms with van der Waals surface area (Å²) in [6.07, 6.45) is 1.89. The molecule has 28 heavy (non-hydrogen) atoms. The highest BCUT2D eigenvalue weighted by Gasteiger charge is 2.16. The standard InChI is InChI=1S/C18H25N3O6S/c22-18(23)5-7-20-6-4-15-16(20)2-1-3-17(15)21(14-27-28(24)25)9-8-19-10-12-26-13-11-19/h1-4,6H,5,7-14H2,(H,22,23)(H,24,25)/p-1. The average Bonchev–Trinajstić information content (AvgIpc) is 3.10. The first kappa shape index (κ1) is 20.7. The summed E-state index contributed by atoms with van der Waals surface area (Å²) in [5.74, 6) is -0.850. The van der Waals surface area contributed by atoms with E-state index in [0.29, 0.717) is 26.3 Å². The minimum absolute atomic E-state index is 0.0347. The van der Waals surface area contributed by atoms with E-state index >= 15 is 0 Å². The summed E-state index contributed by atoms with van der Waals surface area (Å²) in [6, 6.07) is 7.64. The lowest BCUT2D eigenvalue weighted by molar-refractivity contribution is -0.137. The number of hydrogen-bond donors (Lipinski definition) is 1. The van der Waals surface area contributed by atoms with Gasteiger partial charge in [-0.15, -0.1) is 0 Å². The number of benzene rings is 1. The maximum atomic E-state index is 10.9. The molecule has 0 amide bonds. The van der Waals surface area contributed by atoms with Crippen molar-refractivity contribution in [3.8, 4) is 0 Å². The maximum Gasteiger partial charge on any atom is 0.305 e. The molecule has 0 radical (unpaired) electrons. The van der Waals surface area contributed by atoms with Gasteiger partial charge in [0.25, 0.3) is 0 Å². The SMILES string of the molecule is O=C(O)CCn1ccc2c(N(CCN3CCOCC3)COS(=O)[O-])cccc21. The van der Waals surface area contributed by atoms with Gasteiger partial charge in [0, 0.05) is 50.0 Å². The molecule has 3 rings (SSSR count). The van der Waals surface area contributed by atoms with Crippen molar-refractivity contribution in [1.29, 1.82) is 0 Å². The van der Waals surface area contributed by atoms with Crippen LogP contribution >= 0.6 is 0 Å². The summed E-state index contributed by atoms with van der Waals surface area (Å²) in [4.78, 5) is 15.0. The molecule has 0 aliphatic carbocycles. The Kier molecular flexibility index (Phi) is 7.40. The molecule has 1 aromatic carbocycles. The summed E-state index contributed by atoms with van der Waals surface area (Å²) in [5.41, 5.74) is 1.75. The van der Waals surface area contributed by atoms with Gasteiger partial charge in [0.05, 0.1) is 36.5 Å². The fraction of sp³-hybridized carbons (Fsp3) is 0.500. The molecule has 154 valence electrons. The molecule has 1 aromatic heterocycles. The van der Waals surface area contributed by atoms with E-state index in [-0.39, 0.29) is 13.2 Å². The number of carboxylic acids is 1. The first-order valence-corrected chi connectivity index (χ1v) is 10.1. The van der Waals surface area contributed by atoms with Crippen molar-refractivity contribution >= 4 is 33.9 Å². The highest BCUT2D eigenvalue weighted by Crippen LogP contribution is 2.28. The largest absolute Gasteiger partial charge is 0.750 e. The van der Waals surface area contributed by atoms with E-state index in [1.807, 2.05) is 39.9 Å². The summed E-state index contributed by atoms with van der Waals surface area (Å²) in [7, 11) is 0. The smallest absolute Gasteiger partial charge is 0.305 e. The Morgan fingerprint density at radius 3 is 2.79 bits per heavy atom. The van der Waals surface area contributed by atoms with Crippen molar-refractivity contribution in [2.24, 2.45) is 0 Å².